The Hall–Kier alpha value is -1.94. The molecular weight excluding hydrogens is 282 g/mol. The van der Waals surface area contributed by atoms with E-state index in [2.05, 4.69) is 30.6 Å². The molecule has 10 heteroatoms. The number of primary sulfonamides is 1. The van der Waals surface area contributed by atoms with Gasteiger partial charge >= 0.3 is 0 Å². The van der Waals surface area contributed by atoms with Crippen LogP contribution >= 0.6 is 0 Å². The minimum Gasteiger partial charge on any atom is -0.368 e. The largest absolute Gasteiger partial charge is 0.368 e. The predicted octanol–water partition coefficient (Wildman–Crippen LogP) is -0.125. The molecule has 2 aromatic rings. The van der Waals surface area contributed by atoms with Crippen molar-refractivity contribution in [1.29, 1.82) is 0 Å². The summed E-state index contributed by atoms with van der Waals surface area (Å²) in [6.07, 6.45) is 1.93. The van der Waals surface area contributed by atoms with E-state index in [1.807, 2.05) is 6.92 Å². The van der Waals surface area contributed by atoms with Crippen LogP contribution in [-0.2, 0) is 10.0 Å². The summed E-state index contributed by atoms with van der Waals surface area (Å²) < 4.78 is 21.7. The van der Waals surface area contributed by atoms with Crippen molar-refractivity contribution in [3.63, 3.8) is 0 Å². The summed E-state index contributed by atoms with van der Waals surface area (Å²) >= 11 is 0. The first-order valence-corrected chi connectivity index (χ1v) is 7.90. The van der Waals surface area contributed by atoms with Crippen molar-refractivity contribution in [1.82, 2.24) is 19.9 Å². The zero-order valence-electron chi connectivity index (χ0n) is 11.0. The smallest absolute Gasteiger partial charge is 0.226 e. The maximum Gasteiger partial charge on any atom is 0.226 e. The van der Waals surface area contributed by atoms with Gasteiger partial charge in [0.15, 0.2) is 11.5 Å². The van der Waals surface area contributed by atoms with E-state index in [9.17, 15) is 8.42 Å². The van der Waals surface area contributed by atoms with E-state index in [4.69, 9.17) is 5.14 Å². The minimum absolute atomic E-state index is 0.0722. The van der Waals surface area contributed by atoms with E-state index < -0.39 is 10.0 Å². The van der Waals surface area contributed by atoms with Gasteiger partial charge in [-0.25, -0.2) is 18.5 Å². The van der Waals surface area contributed by atoms with Gasteiger partial charge < -0.3 is 15.6 Å². The van der Waals surface area contributed by atoms with E-state index in [0.717, 1.165) is 0 Å². The van der Waals surface area contributed by atoms with Crippen LogP contribution in [-0.4, -0.2) is 47.2 Å². The third-order valence-electron chi connectivity index (χ3n) is 2.52. The molecule has 0 radical (unpaired) electrons. The molecule has 9 nitrogen and oxygen atoms in total. The highest BCUT2D eigenvalue weighted by molar-refractivity contribution is 7.89. The first kappa shape index (κ1) is 14.5. The van der Waals surface area contributed by atoms with E-state index in [0.29, 0.717) is 42.4 Å². The average molecular weight is 299 g/mol. The molecule has 0 aliphatic carbocycles. The molecule has 0 atom stereocenters. The number of rotatable bonds is 7. The number of aromatic nitrogens is 4. The Bertz CT molecular complexity index is 682. The van der Waals surface area contributed by atoms with Crippen molar-refractivity contribution in [3.05, 3.63) is 6.33 Å². The second kappa shape index (κ2) is 6.01. The van der Waals surface area contributed by atoms with Gasteiger partial charge in [-0.15, -0.1) is 0 Å². The van der Waals surface area contributed by atoms with Crippen LogP contribution in [0, 0.1) is 0 Å². The molecule has 0 saturated carbocycles. The molecule has 2 rings (SSSR count). The van der Waals surface area contributed by atoms with Crippen LogP contribution in [0.25, 0.3) is 11.2 Å². The maximum absolute atomic E-state index is 10.9. The highest BCUT2D eigenvalue weighted by Gasteiger charge is 2.09. The van der Waals surface area contributed by atoms with Crippen molar-refractivity contribution in [2.75, 3.05) is 29.5 Å². The van der Waals surface area contributed by atoms with Crippen LogP contribution < -0.4 is 15.8 Å². The Labute approximate surface area is 116 Å². The van der Waals surface area contributed by atoms with E-state index in [1.165, 1.54) is 6.33 Å². The normalized spacial score (nSPS) is 11.7. The number of fused-ring (bicyclic) bond motifs is 1. The molecule has 0 fully saturated rings. The molecule has 0 unspecified atom stereocenters. The van der Waals surface area contributed by atoms with Gasteiger partial charge in [0.2, 0.25) is 16.0 Å². The molecule has 110 valence electrons. The SMILES string of the molecule is CCNc1nc(NCCCS(N)(=O)=O)c2[nH]cnc2n1. The van der Waals surface area contributed by atoms with Crippen LogP contribution in [0.5, 0.6) is 0 Å². The zero-order valence-corrected chi connectivity index (χ0v) is 11.9. The third-order valence-corrected chi connectivity index (χ3v) is 3.38. The highest BCUT2D eigenvalue weighted by atomic mass is 32.2. The van der Waals surface area contributed by atoms with E-state index >= 15 is 0 Å². The van der Waals surface area contributed by atoms with Gasteiger partial charge in [-0.2, -0.15) is 9.97 Å². The van der Waals surface area contributed by atoms with Gasteiger partial charge in [0.05, 0.1) is 12.1 Å². The second-order valence-corrected chi connectivity index (χ2v) is 5.91. The molecule has 2 heterocycles. The van der Waals surface area contributed by atoms with Crippen molar-refractivity contribution in [2.24, 2.45) is 5.14 Å². The minimum atomic E-state index is -3.43. The molecule has 0 saturated heterocycles. The number of H-pyrrole nitrogens is 1. The van der Waals surface area contributed by atoms with E-state index in [-0.39, 0.29) is 5.75 Å². The summed E-state index contributed by atoms with van der Waals surface area (Å²) in [5, 5.41) is 11.0. The van der Waals surface area contributed by atoms with E-state index in [1.54, 1.807) is 0 Å². The van der Waals surface area contributed by atoms with Crippen LogP contribution in [0.15, 0.2) is 6.33 Å². The van der Waals surface area contributed by atoms with Crippen LogP contribution in [0.4, 0.5) is 11.8 Å². The number of nitrogens with two attached hydrogens (primary N) is 1. The molecule has 0 aromatic carbocycles. The zero-order chi connectivity index (χ0) is 14.6. The number of hydrogen-bond donors (Lipinski definition) is 4. The molecular formula is C10H17N7O2S. The van der Waals surface area contributed by atoms with Crippen molar-refractivity contribution < 1.29 is 8.42 Å². The lowest BCUT2D eigenvalue weighted by molar-refractivity contribution is 0.595. The standard InChI is InChI=1S/C10H17N7O2S/c1-2-12-10-16-8(7-9(17-10)15-6-14-7)13-4-3-5-20(11,18)19/h6H,2-5H2,1H3,(H2,11,18,19)(H3,12,13,14,15,16,17). The van der Waals surface area contributed by atoms with Gasteiger partial charge in [-0.05, 0) is 13.3 Å². The molecule has 5 N–H and O–H groups in total. The van der Waals surface area contributed by atoms with Gasteiger partial charge in [0, 0.05) is 13.1 Å². The number of nitrogens with zero attached hydrogens (tertiary/aromatic N) is 3. The lowest BCUT2D eigenvalue weighted by Crippen LogP contribution is -2.19. The Balaban J connectivity index is 2.09. The molecule has 20 heavy (non-hydrogen) atoms. The summed E-state index contributed by atoms with van der Waals surface area (Å²) in [5.41, 5.74) is 1.23. The number of anilines is 2. The van der Waals surface area contributed by atoms with Gasteiger partial charge in [0.25, 0.3) is 0 Å². The quantitative estimate of drug-likeness (QED) is 0.522. The van der Waals surface area contributed by atoms with Gasteiger partial charge in [-0.1, -0.05) is 0 Å². The van der Waals surface area contributed by atoms with Crippen LogP contribution in [0.1, 0.15) is 13.3 Å². The average Bonchev–Trinajstić information content (AvgIpc) is 2.82. The fraction of sp³-hybridized carbons (Fsp3) is 0.500. The van der Waals surface area contributed by atoms with Gasteiger partial charge in [0.1, 0.15) is 5.52 Å². The molecule has 2 aromatic heterocycles. The Morgan fingerprint density at radius 1 is 1.35 bits per heavy atom. The van der Waals surface area contributed by atoms with Crippen molar-refractivity contribution >= 4 is 33.0 Å². The first-order chi connectivity index (χ1) is 9.49. The number of hydrogen-bond acceptors (Lipinski definition) is 7. The number of imidazole rings is 1. The lowest BCUT2D eigenvalue weighted by Gasteiger charge is -2.08. The van der Waals surface area contributed by atoms with Crippen molar-refractivity contribution in [3.8, 4) is 0 Å². The molecule has 0 aliphatic rings. The molecule has 0 bridgehead atoms. The number of sulfonamides is 1. The predicted molar refractivity (Wildman–Crippen MR) is 76.9 cm³/mol. The topological polar surface area (TPSA) is 139 Å². The maximum atomic E-state index is 10.9. The lowest BCUT2D eigenvalue weighted by atomic mass is 10.4. The monoisotopic (exact) mass is 299 g/mol. The Morgan fingerprint density at radius 3 is 2.85 bits per heavy atom. The summed E-state index contributed by atoms with van der Waals surface area (Å²) in [5.74, 6) is 0.982. The Kier molecular flexibility index (Phi) is 4.35. The summed E-state index contributed by atoms with van der Waals surface area (Å²) in [7, 11) is -3.43. The van der Waals surface area contributed by atoms with Gasteiger partial charge in [-0.3, -0.25) is 0 Å². The second-order valence-electron chi connectivity index (χ2n) is 4.17. The fourth-order valence-electron chi connectivity index (χ4n) is 1.68. The summed E-state index contributed by atoms with van der Waals surface area (Å²) in [4.78, 5) is 15.6. The highest BCUT2D eigenvalue weighted by Crippen LogP contribution is 2.18. The molecule has 0 amide bonds. The van der Waals surface area contributed by atoms with Crippen LogP contribution in [0.3, 0.4) is 0 Å². The molecule has 0 spiro atoms. The summed E-state index contributed by atoms with van der Waals surface area (Å²) in [6, 6.07) is 0. The number of nitrogens with one attached hydrogen (secondary N) is 3. The third kappa shape index (κ3) is 3.78. The molecule has 0 aliphatic heterocycles. The Morgan fingerprint density at radius 2 is 2.15 bits per heavy atom. The summed E-state index contributed by atoms with van der Waals surface area (Å²) in [6.45, 7) is 3.07. The van der Waals surface area contributed by atoms with Crippen LogP contribution in [0.2, 0.25) is 0 Å². The number of aromatic amines is 1. The fourth-order valence-corrected chi connectivity index (χ4v) is 2.23. The first-order valence-electron chi connectivity index (χ1n) is 6.19. The van der Waals surface area contributed by atoms with Crippen molar-refractivity contribution in [2.45, 2.75) is 13.3 Å².